The van der Waals surface area contributed by atoms with Crippen LogP contribution in [0.3, 0.4) is 0 Å². The Morgan fingerprint density at radius 3 is 2.51 bits per heavy atom. The zero-order valence-corrected chi connectivity index (χ0v) is 25.7. The van der Waals surface area contributed by atoms with E-state index < -0.39 is 0 Å². The summed E-state index contributed by atoms with van der Waals surface area (Å²) in [5, 5.41) is 8.15. The zero-order chi connectivity index (χ0) is 30.1. The molecule has 0 saturated carbocycles. The second kappa shape index (κ2) is 12.3. The molecule has 2 saturated heterocycles. The van der Waals surface area contributed by atoms with Crippen LogP contribution in [0.25, 0.3) is 22.2 Å². The summed E-state index contributed by atoms with van der Waals surface area (Å²) >= 11 is 6.80. The summed E-state index contributed by atoms with van der Waals surface area (Å²) in [7, 11) is 2.15. The lowest BCUT2D eigenvalue weighted by atomic mass is 9.89. The van der Waals surface area contributed by atoms with Gasteiger partial charge in [-0.15, -0.1) is 0 Å². The number of hydrogen-bond donors (Lipinski definition) is 2. The third-order valence-corrected chi connectivity index (χ3v) is 8.98. The van der Waals surface area contributed by atoms with E-state index in [9.17, 15) is 9.59 Å². The molecule has 9 nitrogen and oxygen atoms in total. The highest BCUT2D eigenvalue weighted by Gasteiger charge is 2.24. The van der Waals surface area contributed by atoms with E-state index in [0.717, 1.165) is 61.2 Å². The van der Waals surface area contributed by atoms with Crippen molar-refractivity contribution in [3.63, 3.8) is 0 Å². The Bertz CT molecular complexity index is 1700. The SMILES string of the molecule is CCn1c(=O)c(-c2ccc(C3CCCN(C(C)=O)C3)cc2Cl)cc2cnc(Nc3ccc(NC4CCN(C)C4)cc3)nc21. The molecule has 10 heteroatoms. The van der Waals surface area contributed by atoms with Crippen molar-refractivity contribution in [3.05, 3.63) is 75.7 Å². The molecule has 0 spiro atoms. The largest absolute Gasteiger partial charge is 0.381 e. The Balaban J connectivity index is 1.23. The summed E-state index contributed by atoms with van der Waals surface area (Å²) in [6, 6.07) is 16.3. The van der Waals surface area contributed by atoms with Crippen molar-refractivity contribution in [1.29, 1.82) is 0 Å². The summed E-state index contributed by atoms with van der Waals surface area (Å²) in [4.78, 5) is 39.1. The van der Waals surface area contributed by atoms with Crippen LogP contribution in [0.1, 0.15) is 44.6 Å². The minimum absolute atomic E-state index is 0.0994. The molecule has 4 heterocycles. The molecule has 0 aliphatic carbocycles. The van der Waals surface area contributed by atoms with E-state index in [2.05, 4.69) is 39.7 Å². The normalized spacial score (nSPS) is 19.1. The highest BCUT2D eigenvalue weighted by Crippen LogP contribution is 2.34. The zero-order valence-electron chi connectivity index (χ0n) is 24.9. The maximum absolute atomic E-state index is 13.7. The van der Waals surface area contributed by atoms with Gasteiger partial charge in [0.2, 0.25) is 11.9 Å². The first kappa shape index (κ1) is 29.1. The van der Waals surface area contributed by atoms with Gasteiger partial charge in [-0.05, 0) is 81.7 Å². The third-order valence-electron chi connectivity index (χ3n) is 8.67. The van der Waals surface area contributed by atoms with E-state index >= 15 is 0 Å². The van der Waals surface area contributed by atoms with Gasteiger partial charge in [-0.1, -0.05) is 23.7 Å². The van der Waals surface area contributed by atoms with Gasteiger partial charge >= 0.3 is 0 Å². The fraction of sp³-hybridized carbons (Fsp3) is 0.394. The van der Waals surface area contributed by atoms with Crippen molar-refractivity contribution >= 4 is 45.9 Å². The average molecular weight is 600 g/mol. The molecule has 2 aromatic carbocycles. The number of likely N-dealkylation sites (tertiary alicyclic amines) is 2. The lowest BCUT2D eigenvalue weighted by Gasteiger charge is -2.32. The maximum Gasteiger partial charge on any atom is 0.260 e. The van der Waals surface area contributed by atoms with Crippen LogP contribution in [-0.2, 0) is 11.3 Å². The molecule has 2 aliphatic rings. The van der Waals surface area contributed by atoms with E-state index in [1.54, 1.807) is 17.7 Å². The number of carbonyl (C=O) groups excluding carboxylic acids is 1. The van der Waals surface area contributed by atoms with Gasteiger partial charge in [-0.2, -0.15) is 4.98 Å². The Morgan fingerprint density at radius 1 is 1.02 bits per heavy atom. The van der Waals surface area contributed by atoms with E-state index in [-0.39, 0.29) is 17.4 Å². The molecule has 2 N–H and O–H groups in total. The highest BCUT2D eigenvalue weighted by atomic mass is 35.5. The number of hydrogen-bond acceptors (Lipinski definition) is 7. The van der Waals surface area contributed by atoms with Crippen molar-refractivity contribution in [3.8, 4) is 11.1 Å². The number of pyridine rings is 1. The number of anilines is 3. The highest BCUT2D eigenvalue weighted by molar-refractivity contribution is 6.33. The van der Waals surface area contributed by atoms with Crippen LogP contribution in [0.4, 0.5) is 17.3 Å². The maximum atomic E-state index is 13.7. The Kier molecular flexibility index (Phi) is 8.36. The molecule has 2 unspecified atom stereocenters. The van der Waals surface area contributed by atoms with Crippen LogP contribution in [0, 0.1) is 0 Å². The molecular formula is C33H38ClN7O2. The van der Waals surface area contributed by atoms with Crippen molar-refractivity contribution in [2.75, 3.05) is 43.9 Å². The van der Waals surface area contributed by atoms with Gasteiger partial charge in [-0.25, -0.2) is 4.98 Å². The van der Waals surface area contributed by atoms with Gasteiger partial charge in [0, 0.05) is 84.2 Å². The predicted molar refractivity (Wildman–Crippen MR) is 173 cm³/mol. The number of piperidine rings is 1. The molecule has 43 heavy (non-hydrogen) atoms. The van der Waals surface area contributed by atoms with Gasteiger partial charge in [-0.3, -0.25) is 14.2 Å². The second-order valence-electron chi connectivity index (χ2n) is 11.7. The van der Waals surface area contributed by atoms with E-state index in [1.165, 1.54) is 0 Å². The molecule has 6 rings (SSSR count). The van der Waals surface area contributed by atoms with Crippen LogP contribution < -0.4 is 16.2 Å². The van der Waals surface area contributed by atoms with Crippen molar-refractivity contribution < 1.29 is 4.79 Å². The number of nitrogens with one attached hydrogen (secondary N) is 2. The lowest BCUT2D eigenvalue weighted by molar-refractivity contribution is -0.130. The number of nitrogens with zero attached hydrogens (tertiary/aromatic N) is 5. The molecule has 0 radical (unpaired) electrons. The van der Waals surface area contributed by atoms with Crippen LogP contribution in [0.15, 0.2) is 59.5 Å². The van der Waals surface area contributed by atoms with Gasteiger partial charge in [0.1, 0.15) is 5.65 Å². The lowest BCUT2D eigenvalue weighted by Crippen LogP contribution is -2.37. The van der Waals surface area contributed by atoms with E-state index in [0.29, 0.717) is 46.9 Å². The van der Waals surface area contributed by atoms with Crippen molar-refractivity contribution in [2.24, 2.45) is 0 Å². The molecule has 2 aromatic heterocycles. The van der Waals surface area contributed by atoms with Crippen LogP contribution in [-0.4, -0.2) is 69.5 Å². The fourth-order valence-electron chi connectivity index (χ4n) is 6.31. The smallest absolute Gasteiger partial charge is 0.260 e. The number of carbonyl (C=O) groups is 1. The van der Waals surface area contributed by atoms with E-state index in [1.807, 2.05) is 48.2 Å². The number of halogens is 1. The average Bonchev–Trinajstić information content (AvgIpc) is 3.42. The quantitative estimate of drug-likeness (QED) is 0.281. The van der Waals surface area contributed by atoms with Gasteiger partial charge in [0.25, 0.3) is 5.56 Å². The molecule has 2 fully saturated rings. The van der Waals surface area contributed by atoms with Crippen LogP contribution in [0.5, 0.6) is 0 Å². The first-order chi connectivity index (χ1) is 20.8. The second-order valence-corrected chi connectivity index (χ2v) is 12.1. The summed E-state index contributed by atoms with van der Waals surface area (Å²) in [5.74, 6) is 0.756. The Hall–Kier alpha value is -3.95. The Labute approximate surface area is 256 Å². The third kappa shape index (κ3) is 6.24. The molecule has 1 amide bonds. The van der Waals surface area contributed by atoms with E-state index in [4.69, 9.17) is 16.6 Å². The summed E-state index contributed by atoms with van der Waals surface area (Å²) in [6.45, 7) is 7.65. The molecule has 2 atom stereocenters. The minimum atomic E-state index is -0.150. The standard InChI is InChI=1S/C33H38ClN7O2/c1-4-41-31-24(18-35-33(38-31)37-26-10-8-25(9-11-26)36-27-13-15-39(3)20-27)16-29(32(41)43)28-12-7-22(17-30(28)34)23-6-5-14-40(19-23)21(2)42/h7-12,16-18,23,27,36H,4-6,13-15,19-20H2,1-3H3,(H,35,37,38). The number of benzene rings is 2. The molecular weight excluding hydrogens is 562 g/mol. The van der Waals surface area contributed by atoms with Gasteiger partial charge in [0.05, 0.1) is 0 Å². The topological polar surface area (TPSA) is 95.4 Å². The summed E-state index contributed by atoms with van der Waals surface area (Å²) < 4.78 is 1.67. The van der Waals surface area contributed by atoms with Crippen LogP contribution >= 0.6 is 11.6 Å². The fourth-order valence-corrected chi connectivity index (χ4v) is 6.60. The number of aromatic nitrogens is 3. The summed E-state index contributed by atoms with van der Waals surface area (Å²) in [5.41, 5.74) is 4.65. The minimum Gasteiger partial charge on any atom is -0.381 e. The first-order valence-electron chi connectivity index (χ1n) is 15.1. The van der Waals surface area contributed by atoms with Gasteiger partial charge in [0.15, 0.2) is 0 Å². The first-order valence-corrected chi connectivity index (χ1v) is 15.4. The number of amides is 1. The molecule has 4 aromatic rings. The van der Waals surface area contributed by atoms with Crippen molar-refractivity contribution in [2.45, 2.75) is 51.6 Å². The predicted octanol–water partition coefficient (Wildman–Crippen LogP) is 5.72. The molecule has 224 valence electrons. The number of aryl methyl sites for hydroxylation is 1. The summed E-state index contributed by atoms with van der Waals surface area (Å²) in [6.07, 6.45) is 4.85. The van der Waals surface area contributed by atoms with Crippen LogP contribution in [0.2, 0.25) is 5.02 Å². The molecule has 2 aliphatic heterocycles. The molecule has 0 bridgehead atoms. The number of fused-ring (bicyclic) bond motifs is 1. The monoisotopic (exact) mass is 599 g/mol. The number of rotatable bonds is 7. The van der Waals surface area contributed by atoms with Crippen molar-refractivity contribution in [1.82, 2.24) is 24.3 Å². The number of likely N-dealkylation sites (N-methyl/N-ethyl adjacent to an activating group) is 1. The van der Waals surface area contributed by atoms with Gasteiger partial charge < -0.3 is 20.4 Å². The Morgan fingerprint density at radius 2 is 1.81 bits per heavy atom.